The molecule has 0 fully saturated rings. The van der Waals surface area contributed by atoms with E-state index in [1.54, 1.807) is 18.2 Å². The molecular weight excluding hydrogens is 965 g/mol. The molecule has 17 heteroatoms. The number of carbonyl (C=O) groups excluding carboxylic acids is 2. The summed E-state index contributed by atoms with van der Waals surface area (Å²) < 4.78 is 36.2. The van der Waals surface area contributed by atoms with Crippen molar-refractivity contribution >= 4 is 82.7 Å². The summed E-state index contributed by atoms with van der Waals surface area (Å²) in [6, 6.07) is 30.0. The van der Waals surface area contributed by atoms with E-state index in [0.717, 1.165) is 38.1 Å². The number of nitrogens with zero attached hydrogens (tertiary/aromatic N) is 3. The summed E-state index contributed by atoms with van der Waals surface area (Å²) in [7, 11) is 0. The van der Waals surface area contributed by atoms with E-state index >= 15 is 0 Å². The van der Waals surface area contributed by atoms with Crippen LogP contribution in [0.5, 0.6) is 0 Å². The SMILES string of the molecule is CC(C)(C)OC(=O)CCNc1ccc2cc(-c3nc4ccccc4s3)c(=O)oc2c1.CC(C)(C)OC(=O)CC[NH3+].CCN(C(C)C)C(C)C.O=c1oc2cc(F)ccc2cc1-c1nc2ccccc2s1.[Cl-]. The molecule has 380 valence electrons. The quantitative estimate of drug-likeness (QED) is 0.0933. The summed E-state index contributed by atoms with van der Waals surface area (Å²) in [5.41, 5.74) is 5.82. The summed E-state index contributed by atoms with van der Waals surface area (Å²) in [5, 5.41) is 5.89. The van der Waals surface area contributed by atoms with Gasteiger partial charge in [0.25, 0.3) is 0 Å². The lowest BCUT2D eigenvalue weighted by Gasteiger charge is -2.28. The van der Waals surface area contributed by atoms with E-state index in [-0.39, 0.29) is 42.0 Å². The zero-order chi connectivity index (χ0) is 51.3. The monoisotopic (exact) mass is 1030 g/mol. The molecule has 0 unspecified atom stereocenters. The predicted octanol–water partition coefficient (Wildman–Crippen LogP) is 8.51. The molecule has 0 spiro atoms. The molecule has 0 aliphatic carbocycles. The van der Waals surface area contributed by atoms with Crippen LogP contribution in [0.4, 0.5) is 10.1 Å². The fraction of sp³-hybridized carbons (Fsp3) is 0.370. The maximum atomic E-state index is 13.2. The summed E-state index contributed by atoms with van der Waals surface area (Å²) >= 11 is 2.90. The number of nitrogens with one attached hydrogen (secondary N) is 1. The van der Waals surface area contributed by atoms with Crippen LogP contribution in [-0.2, 0) is 19.1 Å². The van der Waals surface area contributed by atoms with E-state index in [0.29, 0.717) is 63.7 Å². The summed E-state index contributed by atoms with van der Waals surface area (Å²) in [4.78, 5) is 58.8. The van der Waals surface area contributed by atoms with Crippen LogP contribution in [0.15, 0.2) is 115 Å². The van der Waals surface area contributed by atoms with Gasteiger partial charge in [-0.05, 0) is 136 Å². The number of esters is 2. The molecule has 0 saturated heterocycles. The lowest BCUT2D eigenvalue weighted by molar-refractivity contribution is -0.367. The van der Waals surface area contributed by atoms with E-state index < -0.39 is 22.7 Å². The van der Waals surface area contributed by atoms with Crippen LogP contribution >= 0.6 is 22.7 Å². The van der Waals surface area contributed by atoms with Crippen LogP contribution < -0.4 is 34.7 Å². The molecule has 4 aromatic heterocycles. The number of aromatic nitrogens is 2. The molecule has 8 rings (SSSR count). The van der Waals surface area contributed by atoms with Crippen molar-refractivity contribution in [2.24, 2.45) is 0 Å². The third-order valence-electron chi connectivity index (χ3n) is 10.1. The third-order valence-corrected chi connectivity index (χ3v) is 12.2. The molecule has 71 heavy (non-hydrogen) atoms. The highest BCUT2D eigenvalue weighted by Gasteiger charge is 2.18. The highest BCUT2D eigenvalue weighted by Crippen LogP contribution is 2.32. The fourth-order valence-electron chi connectivity index (χ4n) is 7.14. The molecular formula is C54H65ClFN5O8S2. The molecule has 0 bridgehead atoms. The van der Waals surface area contributed by atoms with E-state index in [1.165, 1.54) is 34.8 Å². The van der Waals surface area contributed by atoms with Gasteiger partial charge in [-0.2, -0.15) is 0 Å². The second kappa shape index (κ2) is 25.9. The second-order valence-corrected chi connectivity index (χ2v) is 20.8. The number of anilines is 1. The molecule has 0 saturated carbocycles. The molecule has 4 N–H and O–H groups in total. The highest BCUT2D eigenvalue weighted by atomic mass is 35.5. The van der Waals surface area contributed by atoms with Gasteiger partial charge in [0.2, 0.25) is 0 Å². The van der Waals surface area contributed by atoms with Crippen molar-refractivity contribution < 1.29 is 50.4 Å². The van der Waals surface area contributed by atoms with Crippen LogP contribution in [0.3, 0.4) is 0 Å². The molecule has 13 nitrogen and oxygen atoms in total. The van der Waals surface area contributed by atoms with Crippen LogP contribution in [0, 0.1) is 5.82 Å². The van der Waals surface area contributed by atoms with Crippen LogP contribution in [0.1, 0.15) is 89.0 Å². The Balaban J connectivity index is 0.000000231. The van der Waals surface area contributed by atoms with E-state index in [4.69, 9.17) is 18.3 Å². The van der Waals surface area contributed by atoms with Gasteiger partial charge in [-0.15, -0.1) is 22.7 Å². The zero-order valence-electron chi connectivity index (χ0n) is 42.3. The van der Waals surface area contributed by atoms with Gasteiger partial charge in [-0.25, -0.2) is 23.9 Å². The van der Waals surface area contributed by atoms with E-state index in [2.05, 4.69) is 60.5 Å². The smallest absolute Gasteiger partial charge is 0.346 e. The maximum absolute atomic E-state index is 13.2. The fourth-order valence-corrected chi connectivity index (χ4v) is 9.08. The molecule has 4 heterocycles. The topological polar surface area (TPSA) is 182 Å². The van der Waals surface area contributed by atoms with Crippen LogP contribution in [-0.4, -0.2) is 69.7 Å². The van der Waals surface area contributed by atoms with Crippen molar-refractivity contribution in [1.82, 2.24) is 14.9 Å². The first-order valence-corrected chi connectivity index (χ1v) is 24.9. The number of para-hydroxylation sites is 2. The second-order valence-electron chi connectivity index (χ2n) is 18.8. The average molecular weight is 1030 g/mol. The van der Waals surface area contributed by atoms with Gasteiger partial charge < -0.3 is 41.8 Å². The minimum atomic E-state index is -0.507. The zero-order valence-corrected chi connectivity index (χ0v) is 44.7. The number of ether oxygens (including phenoxy) is 2. The molecule has 0 aliphatic heterocycles. The Labute approximate surface area is 428 Å². The maximum Gasteiger partial charge on any atom is 0.346 e. The summed E-state index contributed by atoms with van der Waals surface area (Å²) in [6.45, 7) is 24.4. The predicted molar refractivity (Wildman–Crippen MR) is 282 cm³/mol. The number of hydrogen-bond acceptors (Lipinski definition) is 14. The average Bonchev–Trinajstić information content (AvgIpc) is 3.90. The number of quaternary nitrogens is 1. The molecule has 8 aromatic rings. The Bertz CT molecular complexity index is 3080. The first-order valence-electron chi connectivity index (χ1n) is 23.3. The van der Waals surface area contributed by atoms with Crippen molar-refractivity contribution in [3.8, 4) is 21.1 Å². The molecule has 0 aliphatic rings. The standard InChI is InChI=1S/C23H22N2O4S.C16H8FNO2S.C8H19N.C7H15NO2.ClH/c1-23(2,3)29-20(26)10-11-24-15-9-8-14-12-16(22(27)28-18(14)13-15)21-25-17-6-4-5-7-19(17)30-21;17-10-6-5-9-7-11(16(19)20-13(9)8-10)15-18-12-3-1-2-4-14(12)21-15;1-6-9(7(2)3)8(4)5;1-7(2,3)10-6(9)4-5-8;/h4-9,12-13,24H,10-11H2,1-3H3;1-8H;7-8H,6H2,1-5H3;4-5,8H2,1-3H3;1H. The Kier molecular flexibility index (Phi) is 21.0. The lowest BCUT2D eigenvalue weighted by atomic mass is 10.1. The van der Waals surface area contributed by atoms with E-state index in [1.807, 2.05) is 108 Å². The normalized spacial score (nSPS) is 11.4. The summed E-state index contributed by atoms with van der Waals surface area (Å²) in [6.07, 6.45) is 0.660. The van der Waals surface area contributed by atoms with Gasteiger partial charge in [0.15, 0.2) is 0 Å². The molecule has 4 aromatic carbocycles. The Morgan fingerprint density at radius 1 is 0.690 bits per heavy atom. The summed E-state index contributed by atoms with van der Waals surface area (Å²) in [5.74, 6) is -0.858. The Morgan fingerprint density at radius 2 is 1.14 bits per heavy atom. The molecule has 0 atom stereocenters. The van der Waals surface area contributed by atoms with Gasteiger partial charge in [-0.3, -0.25) is 14.5 Å². The Hall–Kier alpha value is -6.04. The van der Waals surface area contributed by atoms with Gasteiger partial charge in [0.05, 0.1) is 50.9 Å². The highest BCUT2D eigenvalue weighted by molar-refractivity contribution is 7.22. The molecule has 0 radical (unpaired) electrons. The number of benzene rings is 4. The number of hydrogen-bond donors (Lipinski definition) is 2. The van der Waals surface area contributed by atoms with Crippen molar-refractivity contribution in [2.45, 2.75) is 112 Å². The van der Waals surface area contributed by atoms with Gasteiger partial charge in [0.1, 0.15) is 38.2 Å². The largest absolute Gasteiger partial charge is 1.00 e. The number of thiazole rings is 2. The first kappa shape index (κ1) is 57.5. The number of fused-ring (bicyclic) bond motifs is 4. The third kappa shape index (κ3) is 17.4. The van der Waals surface area contributed by atoms with Gasteiger partial charge in [0, 0.05) is 47.2 Å². The minimum absolute atomic E-state index is 0. The van der Waals surface area contributed by atoms with Gasteiger partial charge >= 0.3 is 23.2 Å². The van der Waals surface area contributed by atoms with Gasteiger partial charge in [-0.1, -0.05) is 31.2 Å². The molecule has 0 amide bonds. The van der Waals surface area contributed by atoms with Crippen LogP contribution in [0.2, 0.25) is 0 Å². The van der Waals surface area contributed by atoms with E-state index in [9.17, 15) is 23.6 Å². The van der Waals surface area contributed by atoms with Crippen molar-refractivity contribution in [2.75, 3.05) is 25.0 Å². The number of rotatable bonds is 11. The van der Waals surface area contributed by atoms with Crippen molar-refractivity contribution in [3.05, 3.63) is 124 Å². The lowest BCUT2D eigenvalue weighted by Crippen LogP contribution is -3.00. The first-order chi connectivity index (χ1) is 33.0. The van der Waals surface area contributed by atoms with Crippen LogP contribution in [0.25, 0.3) is 63.5 Å². The number of halogens is 2. The van der Waals surface area contributed by atoms with Crippen molar-refractivity contribution in [1.29, 1.82) is 0 Å². The number of carbonyl (C=O) groups is 2. The minimum Gasteiger partial charge on any atom is -1.00 e. The Morgan fingerprint density at radius 3 is 1.56 bits per heavy atom. The van der Waals surface area contributed by atoms with Crippen molar-refractivity contribution in [3.63, 3.8) is 0 Å².